The predicted octanol–water partition coefficient (Wildman–Crippen LogP) is 2.90. The molecule has 2 N–H and O–H groups in total. The molecule has 0 saturated carbocycles. The molecular formula is C22H25N3O2. The van der Waals surface area contributed by atoms with Crippen molar-refractivity contribution in [2.45, 2.75) is 38.1 Å². The highest BCUT2D eigenvalue weighted by molar-refractivity contribution is 5.97. The Hall–Kier alpha value is -2.66. The highest BCUT2D eigenvalue weighted by Gasteiger charge is 2.24. The Bertz CT molecular complexity index is 826. The van der Waals surface area contributed by atoms with E-state index in [9.17, 15) is 9.59 Å². The van der Waals surface area contributed by atoms with Crippen LogP contribution in [0, 0.1) is 0 Å². The molecule has 2 amide bonds. The quantitative estimate of drug-likeness (QED) is 0.859. The van der Waals surface area contributed by atoms with Crippen LogP contribution >= 0.6 is 0 Å². The fourth-order valence-corrected chi connectivity index (χ4v) is 3.94. The normalized spacial score (nSPS) is 18.4. The molecule has 1 fully saturated rings. The fourth-order valence-electron chi connectivity index (χ4n) is 3.94. The summed E-state index contributed by atoms with van der Waals surface area (Å²) in [5.74, 6) is 0.149. The second kappa shape index (κ2) is 7.92. The zero-order chi connectivity index (χ0) is 18.6. The molecule has 0 spiro atoms. The van der Waals surface area contributed by atoms with E-state index >= 15 is 0 Å². The predicted molar refractivity (Wildman–Crippen MR) is 107 cm³/mol. The summed E-state index contributed by atoms with van der Waals surface area (Å²) in [5.41, 5.74) is 4.01. The molecule has 0 aromatic heterocycles. The maximum absolute atomic E-state index is 12.7. The summed E-state index contributed by atoms with van der Waals surface area (Å²) < 4.78 is 0. The van der Waals surface area contributed by atoms with Crippen molar-refractivity contribution in [1.82, 2.24) is 5.32 Å². The van der Waals surface area contributed by atoms with Crippen LogP contribution in [0.25, 0.3) is 0 Å². The smallest absolute Gasteiger partial charge is 0.231 e. The summed E-state index contributed by atoms with van der Waals surface area (Å²) in [6, 6.07) is 16.0. The van der Waals surface area contributed by atoms with Crippen LogP contribution in [0.5, 0.6) is 0 Å². The maximum atomic E-state index is 12.7. The Labute approximate surface area is 159 Å². The van der Waals surface area contributed by atoms with E-state index in [2.05, 4.69) is 16.7 Å². The lowest BCUT2D eigenvalue weighted by Gasteiger charge is -2.17. The van der Waals surface area contributed by atoms with E-state index in [1.165, 1.54) is 5.56 Å². The molecule has 0 bridgehead atoms. The summed E-state index contributed by atoms with van der Waals surface area (Å²) in [4.78, 5) is 26.7. The van der Waals surface area contributed by atoms with E-state index in [4.69, 9.17) is 0 Å². The van der Waals surface area contributed by atoms with Gasteiger partial charge in [0.1, 0.15) is 0 Å². The van der Waals surface area contributed by atoms with Crippen LogP contribution in [0.2, 0.25) is 0 Å². The third kappa shape index (κ3) is 4.19. The first-order valence-electron chi connectivity index (χ1n) is 9.69. The maximum Gasteiger partial charge on any atom is 0.231 e. The van der Waals surface area contributed by atoms with Crippen molar-refractivity contribution in [3.05, 3.63) is 59.7 Å². The monoisotopic (exact) mass is 363 g/mol. The van der Waals surface area contributed by atoms with Crippen molar-refractivity contribution in [3.63, 3.8) is 0 Å². The second-order valence-corrected chi connectivity index (χ2v) is 7.34. The van der Waals surface area contributed by atoms with Crippen molar-refractivity contribution in [3.8, 4) is 0 Å². The Morgan fingerprint density at radius 3 is 2.70 bits per heavy atom. The van der Waals surface area contributed by atoms with Gasteiger partial charge in [0.25, 0.3) is 0 Å². The van der Waals surface area contributed by atoms with Gasteiger partial charge >= 0.3 is 0 Å². The third-order valence-electron chi connectivity index (χ3n) is 5.38. The lowest BCUT2D eigenvalue weighted by Crippen LogP contribution is -2.30. The molecule has 4 rings (SSSR count). The first-order chi connectivity index (χ1) is 13.2. The lowest BCUT2D eigenvalue weighted by molar-refractivity contribution is -0.118. The molecule has 27 heavy (non-hydrogen) atoms. The molecule has 2 aliphatic heterocycles. The summed E-state index contributed by atoms with van der Waals surface area (Å²) in [6.07, 6.45) is 4.00. The standard InChI is InChI=1S/C22H25N3O2/c26-21(15-19-5-3-12-23-19)24-18-9-7-16(8-10-18)14-22(27)25-13-11-17-4-1-2-6-20(17)25/h1-2,4,6-10,19,23H,3,5,11-15H2,(H,24,26). The number of hydrogen-bond donors (Lipinski definition) is 2. The molecule has 0 radical (unpaired) electrons. The number of hydrogen-bond acceptors (Lipinski definition) is 3. The molecule has 1 unspecified atom stereocenters. The average molecular weight is 363 g/mol. The molecule has 2 aromatic carbocycles. The molecule has 1 saturated heterocycles. The van der Waals surface area contributed by atoms with Crippen molar-refractivity contribution < 1.29 is 9.59 Å². The van der Waals surface area contributed by atoms with E-state index in [-0.39, 0.29) is 11.8 Å². The third-order valence-corrected chi connectivity index (χ3v) is 5.38. The molecule has 0 aliphatic carbocycles. The van der Waals surface area contributed by atoms with Gasteiger partial charge in [-0.05, 0) is 55.1 Å². The Morgan fingerprint density at radius 1 is 1.11 bits per heavy atom. The number of anilines is 2. The van der Waals surface area contributed by atoms with Gasteiger partial charge < -0.3 is 15.5 Å². The van der Waals surface area contributed by atoms with Crippen molar-refractivity contribution in [1.29, 1.82) is 0 Å². The minimum atomic E-state index is 0.0342. The molecule has 2 aliphatic rings. The van der Waals surface area contributed by atoms with Gasteiger partial charge in [-0.25, -0.2) is 0 Å². The number of para-hydroxylation sites is 1. The van der Waals surface area contributed by atoms with E-state index < -0.39 is 0 Å². The van der Waals surface area contributed by atoms with Gasteiger partial charge in [-0.1, -0.05) is 30.3 Å². The highest BCUT2D eigenvalue weighted by atomic mass is 16.2. The molecule has 2 aromatic rings. The topological polar surface area (TPSA) is 61.4 Å². The number of carbonyl (C=O) groups is 2. The van der Waals surface area contributed by atoms with Gasteiger partial charge in [-0.3, -0.25) is 9.59 Å². The number of nitrogens with one attached hydrogen (secondary N) is 2. The van der Waals surface area contributed by atoms with Gasteiger partial charge in [-0.15, -0.1) is 0 Å². The van der Waals surface area contributed by atoms with Crippen LogP contribution in [0.1, 0.15) is 30.4 Å². The number of fused-ring (bicyclic) bond motifs is 1. The van der Waals surface area contributed by atoms with Crippen molar-refractivity contribution in [2.24, 2.45) is 0 Å². The summed E-state index contributed by atoms with van der Waals surface area (Å²) in [6.45, 7) is 1.75. The van der Waals surface area contributed by atoms with Crippen LogP contribution in [0.4, 0.5) is 11.4 Å². The lowest BCUT2D eigenvalue weighted by atomic mass is 10.1. The minimum absolute atomic E-state index is 0.0342. The SMILES string of the molecule is O=C(CC1CCCN1)Nc1ccc(CC(=O)N2CCc3ccccc32)cc1. The van der Waals surface area contributed by atoms with E-state index in [0.29, 0.717) is 18.9 Å². The van der Waals surface area contributed by atoms with Crippen LogP contribution in [0.15, 0.2) is 48.5 Å². The van der Waals surface area contributed by atoms with E-state index in [0.717, 1.165) is 49.3 Å². The zero-order valence-corrected chi connectivity index (χ0v) is 15.4. The molecule has 5 nitrogen and oxygen atoms in total. The van der Waals surface area contributed by atoms with Crippen molar-refractivity contribution in [2.75, 3.05) is 23.3 Å². The summed E-state index contributed by atoms with van der Waals surface area (Å²) in [5, 5.41) is 6.28. The van der Waals surface area contributed by atoms with E-state index in [1.807, 2.05) is 47.4 Å². The largest absolute Gasteiger partial charge is 0.326 e. The van der Waals surface area contributed by atoms with Crippen LogP contribution < -0.4 is 15.5 Å². The second-order valence-electron chi connectivity index (χ2n) is 7.34. The van der Waals surface area contributed by atoms with Gasteiger partial charge in [0, 0.05) is 30.4 Å². The van der Waals surface area contributed by atoms with Gasteiger partial charge in [-0.2, -0.15) is 0 Å². The molecular weight excluding hydrogens is 338 g/mol. The number of amides is 2. The van der Waals surface area contributed by atoms with Crippen molar-refractivity contribution >= 4 is 23.2 Å². The number of carbonyl (C=O) groups excluding carboxylic acids is 2. The highest BCUT2D eigenvalue weighted by Crippen LogP contribution is 2.28. The van der Waals surface area contributed by atoms with E-state index in [1.54, 1.807) is 0 Å². The van der Waals surface area contributed by atoms with Crippen LogP contribution in [-0.4, -0.2) is 30.9 Å². The summed E-state index contributed by atoms with van der Waals surface area (Å²) >= 11 is 0. The molecule has 1 atom stereocenters. The molecule has 140 valence electrons. The van der Waals surface area contributed by atoms with Crippen LogP contribution in [0.3, 0.4) is 0 Å². The minimum Gasteiger partial charge on any atom is -0.326 e. The number of nitrogens with zero attached hydrogens (tertiary/aromatic N) is 1. The van der Waals surface area contributed by atoms with Gasteiger partial charge in [0.15, 0.2) is 0 Å². The van der Waals surface area contributed by atoms with Crippen LogP contribution in [-0.2, 0) is 22.4 Å². The fraction of sp³-hybridized carbons (Fsp3) is 0.364. The zero-order valence-electron chi connectivity index (χ0n) is 15.4. The van der Waals surface area contributed by atoms with Gasteiger partial charge in [0.2, 0.25) is 11.8 Å². The first kappa shape index (κ1) is 17.7. The summed E-state index contributed by atoms with van der Waals surface area (Å²) in [7, 11) is 0. The first-order valence-corrected chi connectivity index (χ1v) is 9.69. The molecule has 5 heteroatoms. The Kier molecular flexibility index (Phi) is 5.21. The van der Waals surface area contributed by atoms with Gasteiger partial charge in [0.05, 0.1) is 6.42 Å². The number of benzene rings is 2. The molecule has 2 heterocycles. The Morgan fingerprint density at radius 2 is 1.93 bits per heavy atom. The number of rotatable bonds is 5. The average Bonchev–Trinajstić information content (AvgIpc) is 3.32. The Balaban J connectivity index is 1.32.